The Kier molecular flexibility index (Phi) is 3.27. The van der Waals surface area contributed by atoms with Gasteiger partial charge in [0, 0.05) is 19.3 Å². The van der Waals surface area contributed by atoms with Gasteiger partial charge >= 0.3 is 0 Å². The van der Waals surface area contributed by atoms with Crippen molar-refractivity contribution in [3.8, 4) is 0 Å². The number of nitrogens with zero attached hydrogens (tertiary/aromatic N) is 3. The molecule has 0 aliphatic heterocycles. The molecular weight excluding hydrogens is 276 g/mol. The number of rotatable bonds is 3. The highest BCUT2D eigenvalue weighted by atomic mass is 35.5. The van der Waals surface area contributed by atoms with Gasteiger partial charge in [0.2, 0.25) is 0 Å². The summed E-state index contributed by atoms with van der Waals surface area (Å²) in [6, 6.07) is 4.30. The molecule has 0 aliphatic carbocycles. The summed E-state index contributed by atoms with van der Waals surface area (Å²) in [5.41, 5.74) is 0.725. The Labute approximate surface area is 110 Å². The van der Waals surface area contributed by atoms with Gasteiger partial charge < -0.3 is 0 Å². The van der Waals surface area contributed by atoms with Gasteiger partial charge in [0.25, 0.3) is 10.0 Å². The molecule has 0 unspecified atom stereocenters. The van der Waals surface area contributed by atoms with Gasteiger partial charge in [-0.3, -0.25) is 9.40 Å². The maximum atomic E-state index is 12.1. The Bertz CT molecular complexity index is 681. The molecular formula is C10H11ClN4O2S. The lowest BCUT2D eigenvalue weighted by atomic mass is 10.5. The molecule has 1 N–H and O–H groups in total. The lowest BCUT2D eigenvalue weighted by Gasteiger charge is -2.07. The molecule has 0 fully saturated rings. The van der Waals surface area contributed by atoms with Crippen LogP contribution in [-0.4, -0.2) is 23.2 Å². The third kappa shape index (κ3) is 2.62. The van der Waals surface area contributed by atoms with Gasteiger partial charge in [0.15, 0.2) is 0 Å². The van der Waals surface area contributed by atoms with Crippen LogP contribution in [-0.2, 0) is 17.1 Å². The Morgan fingerprint density at radius 3 is 2.67 bits per heavy atom. The molecule has 8 heteroatoms. The van der Waals surface area contributed by atoms with Crippen LogP contribution in [0.2, 0.25) is 5.15 Å². The summed E-state index contributed by atoms with van der Waals surface area (Å²) in [5.74, 6) is 0.389. The van der Waals surface area contributed by atoms with E-state index in [4.69, 9.17) is 11.6 Å². The van der Waals surface area contributed by atoms with Crippen molar-refractivity contribution in [2.24, 2.45) is 7.05 Å². The number of sulfonamides is 1. The summed E-state index contributed by atoms with van der Waals surface area (Å²) < 4.78 is 28.0. The van der Waals surface area contributed by atoms with Gasteiger partial charge in [-0.05, 0) is 19.1 Å². The molecule has 2 rings (SSSR count). The summed E-state index contributed by atoms with van der Waals surface area (Å²) in [4.78, 5) is 3.79. The minimum absolute atomic E-state index is 0.0568. The molecule has 6 nitrogen and oxygen atoms in total. The first-order valence-electron chi connectivity index (χ1n) is 5.03. The van der Waals surface area contributed by atoms with Crippen LogP contribution in [0.25, 0.3) is 0 Å². The van der Waals surface area contributed by atoms with Crippen molar-refractivity contribution in [2.45, 2.75) is 11.8 Å². The molecule has 0 atom stereocenters. The van der Waals surface area contributed by atoms with Gasteiger partial charge in [-0.2, -0.15) is 5.10 Å². The van der Waals surface area contributed by atoms with Crippen LogP contribution in [0.15, 0.2) is 29.3 Å². The zero-order valence-electron chi connectivity index (χ0n) is 9.75. The van der Waals surface area contributed by atoms with Crippen LogP contribution in [0, 0.1) is 6.92 Å². The third-order valence-electron chi connectivity index (χ3n) is 2.25. The molecule has 0 spiro atoms. The van der Waals surface area contributed by atoms with Crippen molar-refractivity contribution in [1.29, 1.82) is 0 Å². The van der Waals surface area contributed by atoms with E-state index in [1.54, 1.807) is 20.0 Å². The predicted octanol–water partition coefficient (Wildman–Crippen LogP) is 1.58. The van der Waals surface area contributed by atoms with Gasteiger partial charge in [0.1, 0.15) is 11.0 Å². The lowest BCUT2D eigenvalue weighted by Crippen LogP contribution is -2.15. The van der Waals surface area contributed by atoms with E-state index >= 15 is 0 Å². The first-order valence-corrected chi connectivity index (χ1v) is 6.89. The zero-order valence-corrected chi connectivity index (χ0v) is 11.3. The summed E-state index contributed by atoms with van der Waals surface area (Å²) in [6.45, 7) is 1.78. The Morgan fingerprint density at radius 2 is 2.11 bits per heavy atom. The highest BCUT2D eigenvalue weighted by Gasteiger charge is 2.16. The summed E-state index contributed by atoms with van der Waals surface area (Å²) in [5, 5.41) is 4.18. The largest absolute Gasteiger partial charge is 0.264 e. The van der Waals surface area contributed by atoms with Crippen LogP contribution in [0.3, 0.4) is 0 Å². The van der Waals surface area contributed by atoms with E-state index in [1.165, 1.54) is 23.0 Å². The molecule has 0 radical (unpaired) electrons. The van der Waals surface area contributed by atoms with E-state index in [2.05, 4.69) is 14.8 Å². The van der Waals surface area contributed by atoms with Crippen LogP contribution in [0.5, 0.6) is 0 Å². The van der Waals surface area contributed by atoms with Crippen molar-refractivity contribution in [2.75, 3.05) is 4.72 Å². The smallest absolute Gasteiger partial charge is 0.263 e. The average Bonchev–Trinajstić information content (AvgIpc) is 2.56. The molecule has 18 heavy (non-hydrogen) atoms. The fourth-order valence-electron chi connectivity index (χ4n) is 1.45. The van der Waals surface area contributed by atoms with Crippen molar-refractivity contribution in [3.63, 3.8) is 0 Å². The number of anilines is 1. The normalized spacial score (nSPS) is 11.5. The molecule has 2 aromatic rings. The molecule has 0 aromatic carbocycles. The van der Waals surface area contributed by atoms with Crippen LogP contribution in [0.1, 0.15) is 5.69 Å². The standard InChI is InChI=1S/C10H11ClN4O2S/c1-7-5-10(15(2)13-7)14-18(16,17)8-3-4-12-9(11)6-8/h3-6,14H,1-2H3. The van der Waals surface area contributed by atoms with E-state index in [9.17, 15) is 8.42 Å². The summed E-state index contributed by atoms with van der Waals surface area (Å²) in [7, 11) is -2.02. The number of hydrogen-bond donors (Lipinski definition) is 1. The quantitative estimate of drug-likeness (QED) is 0.869. The second-order valence-corrected chi connectivity index (χ2v) is 5.78. The molecule has 96 valence electrons. The highest BCUT2D eigenvalue weighted by Crippen LogP contribution is 2.17. The van der Waals surface area contributed by atoms with Crippen LogP contribution < -0.4 is 4.72 Å². The second kappa shape index (κ2) is 4.58. The number of pyridine rings is 1. The predicted molar refractivity (Wildman–Crippen MR) is 68.0 cm³/mol. The van der Waals surface area contributed by atoms with E-state index in [0.29, 0.717) is 5.82 Å². The fraction of sp³-hybridized carbons (Fsp3) is 0.200. The van der Waals surface area contributed by atoms with Gasteiger partial charge in [-0.1, -0.05) is 11.6 Å². The maximum absolute atomic E-state index is 12.1. The molecule has 0 amide bonds. The van der Waals surface area contributed by atoms with Gasteiger partial charge in [-0.15, -0.1) is 0 Å². The average molecular weight is 287 g/mol. The van der Waals surface area contributed by atoms with Crippen LogP contribution >= 0.6 is 11.6 Å². The van der Waals surface area contributed by atoms with Crippen molar-refractivity contribution >= 4 is 27.4 Å². The fourth-order valence-corrected chi connectivity index (χ4v) is 2.78. The van der Waals surface area contributed by atoms with E-state index in [0.717, 1.165) is 5.69 Å². The molecule has 2 heterocycles. The zero-order chi connectivity index (χ0) is 13.3. The Balaban J connectivity index is 2.36. The first kappa shape index (κ1) is 12.8. The van der Waals surface area contributed by atoms with Crippen molar-refractivity contribution in [1.82, 2.24) is 14.8 Å². The molecule has 2 aromatic heterocycles. The van der Waals surface area contributed by atoms with Gasteiger partial charge in [0.05, 0.1) is 10.6 Å². The molecule has 0 saturated carbocycles. The van der Waals surface area contributed by atoms with E-state index < -0.39 is 10.0 Å². The van der Waals surface area contributed by atoms with Crippen LogP contribution in [0.4, 0.5) is 5.82 Å². The van der Waals surface area contributed by atoms with Crippen molar-refractivity contribution < 1.29 is 8.42 Å². The van der Waals surface area contributed by atoms with Crippen molar-refractivity contribution in [3.05, 3.63) is 35.2 Å². The monoisotopic (exact) mass is 286 g/mol. The minimum Gasteiger partial charge on any atom is -0.264 e. The first-order chi connectivity index (χ1) is 8.38. The van der Waals surface area contributed by atoms with E-state index in [1.807, 2.05) is 0 Å². The number of hydrogen-bond acceptors (Lipinski definition) is 4. The molecule has 0 bridgehead atoms. The highest BCUT2D eigenvalue weighted by molar-refractivity contribution is 7.92. The number of halogens is 1. The SMILES string of the molecule is Cc1cc(NS(=O)(=O)c2ccnc(Cl)c2)n(C)n1. The maximum Gasteiger partial charge on any atom is 0.263 e. The molecule has 0 aliphatic rings. The summed E-state index contributed by atoms with van der Waals surface area (Å²) in [6.07, 6.45) is 1.34. The Morgan fingerprint density at radius 1 is 1.39 bits per heavy atom. The topological polar surface area (TPSA) is 76.9 Å². The minimum atomic E-state index is -3.68. The van der Waals surface area contributed by atoms with E-state index in [-0.39, 0.29) is 10.0 Å². The second-order valence-electron chi connectivity index (χ2n) is 3.71. The number of aryl methyl sites for hydroxylation is 2. The summed E-state index contributed by atoms with van der Waals surface area (Å²) >= 11 is 5.67. The van der Waals surface area contributed by atoms with Gasteiger partial charge in [-0.25, -0.2) is 13.4 Å². The lowest BCUT2D eigenvalue weighted by molar-refractivity contribution is 0.600. The number of aromatic nitrogens is 3. The Hall–Kier alpha value is -1.60. The molecule has 0 saturated heterocycles. The third-order valence-corrected chi connectivity index (χ3v) is 3.81. The number of nitrogens with one attached hydrogen (secondary N) is 1.